The largest absolute Gasteiger partial charge is 0.369 e. The van der Waals surface area contributed by atoms with E-state index < -0.39 is 0 Å². The van der Waals surface area contributed by atoms with Crippen molar-refractivity contribution in [2.45, 2.75) is 31.7 Å². The average molecular weight is 305 g/mol. The van der Waals surface area contributed by atoms with Crippen molar-refractivity contribution >= 4 is 11.9 Å². The number of carbonyl (C=O) groups excluding carboxylic acids is 2. The zero-order valence-electron chi connectivity index (χ0n) is 12.3. The summed E-state index contributed by atoms with van der Waals surface area (Å²) < 4.78 is 13.2. The van der Waals surface area contributed by atoms with Crippen LogP contribution in [0.25, 0.3) is 0 Å². The van der Waals surface area contributed by atoms with Crippen LogP contribution in [0.5, 0.6) is 0 Å². The fourth-order valence-electron chi connectivity index (χ4n) is 3.34. The van der Waals surface area contributed by atoms with Crippen LogP contribution in [0.15, 0.2) is 18.2 Å². The van der Waals surface area contributed by atoms with Crippen LogP contribution in [0.4, 0.5) is 9.18 Å². The number of piperidine rings is 1. The lowest BCUT2D eigenvalue weighted by Crippen LogP contribution is -2.46. The third kappa shape index (κ3) is 2.91. The van der Waals surface area contributed by atoms with Crippen molar-refractivity contribution in [1.29, 1.82) is 0 Å². The number of aryl methyl sites for hydroxylation is 1. The summed E-state index contributed by atoms with van der Waals surface area (Å²) in [5.41, 5.74) is 7.27. The number of hydrogen-bond donors (Lipinski definition) is 2. The molecule has 0 spiro atoms. The Morgan fingerprint density at radius 3 is 2.64 bits per heavy atom. The summed E-state index contributed by atoms with van der Waals surface area (Å²) in [6.07, 6.45) is 2.81. The summed E-state index contributed by atoms with van der Waals surface area (Å²) >= 11 is 0. The van der Waals surface area contributed by atoms with Crippen molar-refractivity contribution in [2.75, 3.05) is 13.1 Å². The number of hydrogen-bond acceptors (Lipinski definition) is 2. The molecule has 0 radical (unpaired) electrons. The monoisotopic (exact) mass is 305 g/mol. The highest BCUT2D eigenvalue weighted by Crippen LogP contribution is 2.31. The topological polar surface area (TPSA) is 75.4 Å². The predicted octanol–water partition coefficient (Wildman–Crippen LogP) is 1.72. The van der Waals surface area contributed by atoms with E-state index in [2.05, 4.69) is 5.32 Å². The number of carbonyl (C=O) groups is 2. The lowest BCUT2D eigenvalue weighted by atomic mass is 9.96. The number of nitrogens with one attached hydrogen (secondary N) is 1. The molecule has 2 aliphatic rings. The molecule has 1 fully saturated rings. The van der Waals surface area contributed by atoms with E-state index in [1.807, 2.05) is 0 Å². The number of halogens is 1. The normalized spacial score (nSPS) is 21.5. The molecule has 0 bridgehead atoms. The molecule has 5 nitrogen and oxygen atoms in total. The second-order valence-corrected chi connectivity index (χ2v) is 6.05. The quantitative estimate of drug-likeness (QED) is 0.873. The van der Waals surface area contributed by atoms with Gasteiger partial charge in [0.1, 0.15) is 5.82 Å². The van der Waals surface area contributed by atoms with Crippen LogP contribution in [0.1, 0.15) is 36.4 Å². The lowest BCUT2D eigenvalue weighted by molar-refractivity contribution is -0.123. The molecule has 6 heteroatoms. The van der Waals surface area contributed by atoms with Crippen molar-refractivity contribution in [3.05, 3.63) is 35.1 Å². The molecule has 0 unspecified atom stereocenters. The number of likely N-dealkylation sites (tertiary alicyclic amines) is 1. The molecular weight excluding hydrogens is 285 g/mol. The Hall–Kier alpha value is -2.11. The lowest BCUT2D eigenvalue weighted by Gasteiger charge is -2.31. The van der Waals surface area contributed by atoms with E-state index in [0.29, 0.717) is 25.9 Å². The molecule has 118 valence electrons. The Bertz CT molecular complexity index is 597. The van der Waals surface area contributed by atoms with Crippen molar-refractivity contribution in [2.24, 2.45) is 11.7 Å². The third-order valence-corrected chi connectivity index (χ3v) is 4.67. The highest BCUT2D eigenvalue weighted by atomic mass is 19.1. The van der Waals surface area contributed by atoms with Crippen LogP contribution in [-0.4, -0.2) is 29.9 Å². The van der Waals surface area contributed by atoms with Gasteiger partial charge in [-0.1, -0.05) is 6.07 Å². The molecule has 0 aromatic heterocycles. The first kappa shape index (κ1) is 14.8. The number of nitrogens with zero attached hydrogens (tertiary/aromatic N) is 1. The number of rotatable bonds is 2. The van der Waals surface area contributed by atoms with Gasteiger partial charge in [0.2, 0.25) is 5.91 Å². The van der Waals surface area contributed by atoms with Crippen LogP contribution in [0, 0.1) is 11.7 Å². The summed E-state index contributed by atoms with van der Waals surface area (Å²) in [5.74, 6) is -0.648. The van der Waals surface area contributed by atoms with E-state index in [-0.39, 0.29) is 29.7 Å². The van der Waals surface area contributed by atoms with Crippen LogP contribution in [0.2, 0.25) is 0 Å². The van der Waals surface area contributed by atoms with Gasteiger partial charge in [0.25, 0.3) is 0 Å². The van der Waals surface area contributed by atoms with Crippen LogP contribution < -0.4 is 11.1 Å². The van der Waals surface area contributed by atoms with Crippen molar-refractivity contribution in [3.8, 4) is 0 Å². The number of nitrogens with two attached hydrogens (primary N) is 1. The van der Waals surface area contributed by atoms with Crippen LogP contribution in [-0.2, 0) is 11.2 Å². The summed E-state index contributed by atoms with van der Waals surface area (Å²) in [6, 6.07) is 4.55. The van der Waals surface area contributed by atoms with Gasteiger partial charge in [-0.15, -0.1) is 0 Å². The summed E-state index contributed by atoms with van der Waals surface area (Å²) in [4.78, 5) is 25.2. The first-order chi connectivity index (χ1) is 10.5. The maximum absolute atomic E-state index is 13.2. The number of benzene rings is 1. The Balaban J connectivity index is 1.59. The maximum Gasteiger partial charge on any atom is 0.317 e. The Morgan fingerprint density at radius 2 is 1.95 bits per heavy atom. The second-order valence-electron chi connectivity index (χ2n) is 6.05. The predicted molar refractivity (Wildman–Crippen MR) is 79.5 cm³/mol. The first-order valence-electron chi connectivity index (χ1n) is 7.67. The maximum atomic E-state index is 13.2. The van der Waals surface area contributed by atoms with Gasteiger partial charge in [-0.3, -0.25) is 4.79 Å². The molecule has 1 aliphatic carbocycles. The summed E-state index contributed by atoms with van der Waals surface area (Å²) in [7, 11) is 0. The minimum Gasteiger partial charge on any atom is -0.369 e. The number of primary amides is 1. The molecule has 1 atom stereocenters. The van der Waals surface area contributed by atoms with E-state index in [0.717, 1.165) is 24.0 Å². The highest BCUT2D eigenvalue weighted by Gasteiger charge is 2.29. The fourth-order valence-corrected chi connectivity index (χ4v) is 3.34. The minimum atomic E-state index is -0.285. The van der Waals surface area contributed by atoms with Crippen molar-refractivity contribution < 1.29 is 14.0 Å². The van der Waals surface area contributed by atoms with Crippen LogP contribution in [0.3, 0.4) is 0 Å². The van der Waals surface area contributed by atoms with Crippen molar-refractivity contribution in [1.82, 2.24) is 10.2 Å². The molecule has 1 aromatic carbocycles. The Morgan fingerprint density at radius 1 is 1.23 bits per heavy atom. The zero-order valence-corrected chi connectivity index (χ0v) is 12.3. The van der Waals surface area contributed by atoms with Gasteiger partial charge >= 0.3 is 6.03 Å². The molecule has 1 aromatic rings. The van der Waals surface area contributed by atoms with Crippen LogP contribution >= 0.6 is 0 Å². The average Bonchev–Trinajstić information content (AvgIpc) is 2.89. The van der Waals surface area contributed by atoms with Gasteiger partial charge in [0.05, 0.1) is 6.04 Å². The van der Waals surface area contributed by atoms with Gasteiger partial charge in [0.15, 0.2) is 0 Å². The molecule has 1 aliphatic heterocycles. The van der Waals surface area contributed by atoms with Gasteiger partial charge in [-0.05, 0) is 48.9 Å². The molecule has 3 amide bonds. The van der Waals surface area contributed by atoms with Crippen molar-refractivity contribution in [3.63, 3.8) is 0 Å². The van der Waals surface area contributed by atoms with E-state index in [1.165, 1.54) is 6.07 Å². The van der Waals surface area contributed by atoms with E-state index in [9.17, 15) is 14.0 Å². The second kappa shape index (κ2) is 5.94. The fraction of sp³-hybridized carbons (Fsp3) is 0.500. The molecule has 1 heterocycles. The molecule has 0 saturated carbocycles. The van der Waals surface area contributed by atoms with Gasteiger partial charge < -0.3 is 16.0 Å². The van der Waals surface area contributed by atoms with E-state index in [1.54, 1.807) is 17.0 Å². The van der Waals surface area contributed by atoms with Gasteiger partial charge in [-0.2, -0.15) is 0 Å². The number of amides is 3. The smallest absolute Gasteiger partial charge is 0.317 e. The minimum absolute atomic E-state index is 0.0584. The molecule has 1 saturated heterocycles. The zero-order chi connectivity index (χ0) is 15.7. The number of urea groups is 1. The highest BCUT2D eigenvalue weighted by molar-refractivity contribution is 5.78. The Labute approximate surface area is 128 Å². The van der Waals surface area contributed by atoms with Gasteiger partial charge in [-0.25, -0.2) is 9.18 Å². The Kier molecular flexibility index (Phi) is 4.00. The number of fused-ring (bicyclic) bond motifs is 1. The first-order valence-corrected chi connectivity index (χ1v) is 7.67. The molecular formula is C16H20FN3O2. The van der Waals surface area contributed by atoms with Gasteiger partial charge in [0, 0.05) is 19.0 Å². The SMILES string of the molecule is NC(=O)C1CCN(C(=O)N[C@H]2CCc3cc(F)ccc32)CC1. The van der Waals surface area contributed by atoms with E-state index in [4.69, 9.17) is 5.73 Å². The summed E-state index contributed by atoms with van der Waals surface area (Å²) in [5, 5.41) is 3.02. The standard InChI is InChI=1S/C16H20FN3O2/c17-12-2-3-13-11(9-12)1-4-14(13)19-16(22)20-7-5-10(6-8-20)15(18)21/h2-3,9-10,14H,1,4-8H2,(H2,18,21)(H,19,22)/t14-/m0/s1. The summed E-state index contributed by atoms with van der Waals surface area (Å²) in [6.45, 7) is 1.09. The van der Waals surface area contributed by atoms with E-state index >= 15 is 0 Å². The third-order valence-electron chi connectivity index (χ3n) is 4.67. The molecule has 3 N–H and O–H groups in total. The molecule has 3 rings (SSSR count). The molecule has 22 heavy (non-hydrogen) atoms.